The smallest absolute Gasteiger partial charge is 0.327 e. The summed E-state index contributed by atoms with van der Waals surface area (Å²) in [5.74, 6) is 0.245. The van der Waals surface area contributed by atoms with E-state index in [1.807, 2.05) is 0 Å². The van der Waals surface area contributed by atoms with Crippen molar-refractivity contribution in [1.29, 1.82) is 0 Å². The second-order valence-electron chi connectivity index (χ2n) is 5.43. The molecule has 7 heteroatoms. The molecule has 6 nitrogen and oxygen atoms in total. The first-order valence-electron chi connectivity index (χ1n) is 6.49. The van der Waals surface area contributed by atoms with Gasteiger partial charge in [0.15, 0.2) is 0 Å². The van der Waals surface area contributed by atoms with Gasteiger partial charge >= 0.3 is 12.0 Å². The summed E-state index contributed by atoms with van der Waals surface area (Å²) in [5, 5.41) is 19.2. The lowest BCUT2D eigenvalue weighted by atomic mass is 9.95. The van der Waals surface area contributed by atoms with E-state index in [0.717, 1.165) is 12.2 Å². The van der Waals surface area contributed by atoms with Crippen LogP contribution in [-0.2, 0) is 4.79 Å². The van der Waals surface area contributed by atoms with Gasteiger partial charge in [-0.15, -0.1) is 0 Å². The van der Waals surface area contributed by atoms with Gasteiger partial charge in [-0.2, -0.15) is 11.8 Å². The zero-order chi connectivity index (χ0) is 14.0. The molecule has 2 heterocycles. The average Bonchev–Trinajstić information content (AvgIpc) is 2.36. The molecule has 2 N–H and O–H groups in total. The van der Waals surface area contributed by atoms with Gasteiger partial charge in [0.2, 0.25) is 0 Å². The maximum atomic E-state index is 12.4. The van der Waals surface area contributed by atoms with Crippen molar-refractivity contribution in [1.82, 2.24) is 9.80 Å². The van der Waals surface area contributed by atoms with Crippen LogP contribution in [0.15, 0.2) is 0 Å². The predicted molar refractivity (Wildman–Crippen MR) is 72.3 cm³/mol. The fraction of sp³-hybridized carbons (Fsp3) is 0.833. The molecule has 2 saturated heterocycles. The molecular weight excluding hydrogens is 268 g/mol. The highest BCUT2D eigenvalue weighted by molar-refractivity contribution is 7.99. The highest BCUT2D eigenvalue weighted by atomic mass is 32.2. The Hall–Kier alpha value is -0.950. The molecule has 19 heavy (non-hydrogen) atoms. The monoisotopic (exact) mass is 288 g/mol. The number of likely N-dealkylation sites (tertiary alicyclic amines) is 1. The van der Waals surface area contributed by atoms with E-state index in [4.69, 9.17) is 0 Å². The first-order valence-corrected chi connectivity index (χ1v) is 7.65. The first kappa shape index (κ1) is 14.5. The Bertz CT molecular complexity index is 375. The average molecular weight is 288 g/mol. The molecule has 2 amide bonds. The molecule has 0 aromatic heterocycles. The number of carbonyl (C=O) groups excluding carboxylic acids is 1. The molecule has 0 aromatic rings. The number of β-amino-alcohol motifs (C(OH)–C–C–N with tert-alkyl or cyclic N) is 1. The molecule has 0 saturated carbocycles. The van der Waals surface area contributed by atoms with E-state index in [1.54, 1.807) is 23.6 Å². The Morgan fingerprint density at radius 3 is 2.74 bits per heavy atom. The van der Waals surface area contributed by atoms with E-state index in [2.05, 4.69) is 0 Å². The van der Waals surface area contributed by atoms with Gasteiger partial charge in [-0.25, -0.2) is 9.59 Å². The van der Waals surface area contributed by atoms with E-state index in [-0.39, 0.29) is 12.6 Å². The third kappa shape index (κ3) is 3.33. The van der Waals surface area contributed by atoms with Gasteiger partial charge in [-0.3, -0.25) is 0 Å². The quantitative estimate of drug-likeness (QED) is 0.732. The fourth-order valence-electron chi connectivity index (χ4n) is 2.60. The van der Waals surface area contributed by atoms with Gasteiger partial charge in [-0.05, 0) is 19.8 Å². The molecule has 0 bridgehead atoms. The van der Waals surface area contributed by atoms with Crippen molar-refractivity contribution in [2.45, 2.75) is 31.4 Å². The van der Waals surface area contributed by atoms with Gasteiger partial charge in [0.1, 0.15) is 6.04 Å². The lowest BCUT2D eigenvalue weighted by Gasteiger charge is -2.41. The Balaban J connectivity index is 2.06. The second-order valence-corrected chi connectivity index (χ2v) is 6.58. The summed E-state index contributed by atoms with van der Waals surface area (Å²) >= 11 is 1.56. The normalized spacial score (nSPS) is 32.2. The highest BCUT2D eigenvalue weighted by Gasteiger charge is 2.38. The Kier molecular flexibility index (Phi) is 4.25. The number of piperidine rings is 1. The third-order valence-electron chi connectivity index (χ3n) is 3.60. The summed E-state index contributed by atoms with van der Waals surface area (Å²) in [6, 6.07) is -1.01. The van der Waals surface area contributed by atoms with Crippen molar-refractivity contribution in [3.05, 3.63) is 0 Å². The van der Waals surface area contributed by atoms with Gasteiger partial charge in [-0.1, -0.05) is 0 Å². The van der Waals surface area contributed by atoms with E-state index in [0.29, 0.717) is 25.3 Å². The molecule has 0 spiro atoms. The van der Waals surface area contributed by atoms with Crippen LogP contribution in [0.1, 0.15) is 19.8 Å². The van der Waals surface area contributed by atoms with Crippen molar-refractivity contribution in [2.75, 3.05) is 31.1 Å². The van der Waals surface area contributed by atoms with Crippen LogP contribution >= 0.6 is 11.8 Å². The van der Waals surface area contributed by atoms with E-state index in [9.17, 15) is 19.8 Å². The van der Waals surface area contributed by atoms with Gasteiger partial charge in [0.05, 0.1) is 12.1 Å². The fourth-order valence-corrected chi connectivity index (χ4v) is 3.64. The zero-order valence-electron chi connectivity index (χ0n) is 11.0. The van der Waals surface area contributed by atoms with Crippen LogP contribution in [-0.4, -0.2) is 74.8 Å². The molecule has 0 radical (unpaired) electrons. The van der Waals surface area contributed by atoms with Crippen molar-refractivity contribution in [2.24, 2.45) is 0 Å². The Morgan fingerprint density at radius 1 is 1.37 bits per heavy atom. The number of thioether (sulfide) groups is 1. The molecule has 2 fully saturated rings. The minimum atomic E-state index is -0.954. The third-order valence-corrected chi connectivity index (χ3v) is 4.63. The predicted octanol–water partition coefficient (Wildman–Crippen LogP) is 0.455. The molecule has 0 aromatic carbocycles. The molecular formula is C12H20N2O4S. The van der Waals surface area contributed by atoms with Crippen LogP contribution in [0.5, 0.6) is 0 Å². The first-order chi connectivity index (χ1) is 8.91. The van der Waals surface area contributed by atoms with Crippen LogP contribution in [0.3, 0.4) is 0 Å². The number of carboxylic acid groups (broad SMARTS) is 1. The molecule has 2 unspecified atom stereocenters. The van der Waals surface area contributed by atoms with E-state index >= 15 is 0 Å². The number of nitrogens with zero attached hydrogens (tertiary/aromatic N) is 2. The maximum Gasteiger partial charge on any atom is 0.327 e. The van der Waals surface area contributed by atoms with Crippen molar-refractivity contribution >= 4 is 23.8 Å². The van der Waals surface area contributed by atoms with Crippen LogP contribution in [0.4, 0.5) is 4.79 Å². The molecule has 2 aliphatic heterocycles. The van der Waals surface area contributed by atoms with Crippen molar-refractivity contribution in [3.63, 3.8) is 0 Å². The summed E-state index contributed by atoms with van der Waals surface area (Å²) in [6.45, 7) is 3.04. The number of aliphatic hydroxyl groups is 1. The number of carbonyl (C=O) groups is 2. The largest absolute Gasteiger partial charge is 0.480 e. The summed E-state index contributed by atoms with van der Waals surface area (Å²) in [5.41, 5.74) is -0.864. The van der Waals surface area contributed by atoms with Gasteiger partial charge in [0.25, 0.3) is 0 Å². The number of hydrogen-bond acceptors (Lipinski definition) is 4. The number of rotatable bonds is 1. The molecule has 108 valence electrons. The zero-order valence-corrected chi connectivity index (χ0v) is 11.9. The topological polar surface area (TPSA) is 81.1 Å². The number of urea groups is 1. The van der Waals surface area contributed by atoms with Crippen LogP contribution < -0.4 is 0 Å². The molecule has 0 aliphatic carbocycles. The van der Waals surface area contributed by atoms with Crippen molar-refractivity contribution in [3.8, 4) is 0 Å². The van der Waals surface area contributed by atoms with Gasteiger partial charge < -0.3 is 20.0 Å². The minimum absolute atomic E-state index is 0.257. The lowest BCUT2D eigenvalue weighted by molar-refractivity contribution is -0.141. The maximum absolute atomic E-state index is 12.4. The summed E-state index contributed by atoms with van der Waals surface area (Å²) in [4.78, 5) is 26.6. The summed E-state index contributed by atoms with van der Waals surface area (Å²) in [6.07, 6.45) is 1.42. The molecule has 2 aliphatic rings. The summed E-state index contributed by atoms with van der Waals surface area (Å²) in [7, 11) is 0. The number of carboxylic acids is 1. The van der Waals surface area contributed by atoms with Crippen LogP contribution in [0.2, 0.25) is 0 Å². The van der Waals surface area contributed by atoms with E-state index < -0.39 is 17.6 Å². The standard InChI is InChI=1S/C12H20N2O4S/c1-12(18)3-2-4-13(8-12)11(17)14-5-6-19-7-9(14)10(15)16/h9,18H,2-8H2,1H3,(H,15,16). The van der Waals surface area contributed by atoms with Crippen molar-refractivity contribution < 1.29 is 19.8 Å². The minimum Gasteiger partial charge on any atom is -0.480 e. The SMILES string of the molecule is CC1(O)CCCN(C(=O)N2CCSCC2C(=O)O)C1. The second kappa shape index (κ2) is 5.58. The van der Waals surface area contributed by atoms with Gasteiger partial charge in [0, 0.05) is 24.6 Å². The number of hydrogen-bond donors (Lipinski definition) is 2. The summed E-state index contributed by atoms with van der Waals surface area (Å²) < 4.78 is 0. The molecule has 2 rings (SSSR count). The highest BCUT2D eigenvalue weighted by Crippen LogP contribution is 2.24. The van der Waals surface area contributed by atoms with Crippen LogP contribution in [0.25, 0.3) is 0 Å². The molecule has 2 atom stereocenters. The van der Waals surface area contributed by atoms with Crippen LogP contribution in [0, 0.1) is 0 Å². The number of aliphatic carboxylic acids is 1. The number of amides is 2. The Morgan fingerprint density at radius 2 is 2.11 bits per heavy atom. The Labute approximate surface area is 116 Å². The van der Waals surface area contributed by atoms with E-state index in [1.165, 1.54) is 4.90 Å². The lowest BCUT2D eigenvalue weighted by Crippen LogP contribution is -2.58.